The second-order valence-electron chi connectivity index (χ2n) is 6.62. The molecule has 0 unspecified atom stereocenters. The molecular weight excluding hydrogens is 392 g/mol. The second kappa shape index (κ2) is 10.7. The summed E-state index contributed by atoms with van der Waals surface area (Å²) in [5, 5.41) is 2.84. The normalized spacial score (nSPS) is 12.2. The van der Waals surface area contributed by atoms with E-state index in [2.05, 4.69) is 10.0 Å². The molecular formula is C21H26N2O5S. The van der Waals surface area contributed by atoms with Crippen LogP contribution in [0.3, 0.4) is 0 Å². The van der Waals surface area contributed by atoms with Crippen molar-refractivity contribution in [3.8, 4) is 0 Å². The van der Waals surface area contributed by atoms with Crippen LogP contribution in [0.2, 0.25) is 0 Å². The molecule has 0 fully saturated rings. The number of hydrogen-bond donors (Lipinski definition) is 2. The molecule has 0 bridgehead atoms. The molecule has 1 atom stereocenters. The lowest BCUT2D eigenvalue weighted by Crippen LogP contribution is -2.35. The minimum atomic E-state index is -3.82. The molecule has 0 saturated carbocycles. The van der Waals surface area contributed by atoms with Crippen LogP contribution in [0.15, 0.2) is 59.5 Å². The van der Waals surface area contributed by atoms with E-state index in [0.29, 0.717) is 0 Å². The highest BCUT2D eigenvalue weighted by molar-refractivity contribution is 7.89. The van der Waals surface area contributed by atoms with Gasteiger partial charge in [0.15, 0.2) is 6.61 Å². The molecule has 0 saturated heterocycles. The third-order valence-corrected chi connectivity index (χ3v) is 5.63. The van der Waals surface area contributed by atoms with Crippen LogP contribution in [0.5, 0.6) is 0 Å². The number of ether oxygens (including phenoxy) is 1. The average Bonchev–Trinajstić information content (AvgIpc) is 2.71. The van der Waals surface area contributed by atoms with Gasteiger partial charge in [-0.25, -0.2) is 8.42 Å². The fourth-order valence-corrected chi connectivity index (χ4v) is 3.65. The van der Waals surface area contributed by atoms with Gasteiger partial charge in [-0.15, -0.1) is 0 Å². The molecule has 0 spiro atoms. The van der Waals surface area contributed by atoms with Crippen LogP contribution in [0, 0.1) is 6.92 Å². The lowest BCUT2D eigenvalue weighted by atomic mass is 10.0. The van der Waals surface area contributed by atoms with E-state index in [9.17, 15) is 18.0 Å². The maximum Gasteiger partial charge on any atom is 0.321 e. The highest BCUT2D eigenvalue weighted by Gasteiger charge is 2.18. The van der Waals surface area contributed by atoms with Crippen LogP contribution in [0.1, 0.15) is 36.9 Å². The first-order valence-corrected chi connectivity index (χ1v) is 10.9. The Labute approximate surface area is 171 Å². The fraction of sp³-hybridized carbons (Fsp3) is 0.333. The van der Waals surface area contributed by atoms with E-state index in [0.717, 1.165) is 24.0 Å². The number of nitrogens with one attached hydrogen (secondary N) is 2. The zero-order valence-corrected chi connectivity index (χ0v) is 17.4. The van der Waals surface area contributed by atoms with Crippen molar-refractivity contribution >= 4 is 21.9 Å². The number of benzene rings is 2. The third-order valence-electron chi connectivity index (χ3n) is 4.22. The number of amides is 1. The van der Waals surface area contributed by atoms with Crippen LogP contribution < -0.4 is 10.0 Å². The third kappa shape index (κ3) is 7.32. The summed E-state index contributed by atoms with van der Waals surface area (Å²) in [5.74, 6) is -1.27. The van der Waals surface area contributed by atoms with Crippen LogP contribution >= 0.6 is 0 Å². The molecule has 0 aliphatic rings. The van der Waals surface area contributed by atoms with Gasteiger partial charge in [0.2, 0.25) is 10.0 Å². The predicted octanol–water partition coefficient (Wildman–Crippen LogP) is 2.47. The monoisotopic (exact) mass is 418 g/mol. The SMILES string of the molecule is CCC[C@@H](NC(=O)COC(=O)CNS(=O)(=O)c1ccc(C)cc1)c1ccccc1. The summed E-state index contributed by atoms with van der Waals surface area (Å²) in [6.45, 7) is 2.83. The number of aryl methyl sites for hydroxylation is 1. The van der Waals surface area contributed by atoms with E-state index >= 15 is 0 Å². The highest BCUT2D eigenvalue weighted by Crippen LogP contribution is 2.17. The molecule has 2 aromatic carbocycles. The molecule has 0 heterocycles. The van der Waals surface area contributed by atoms with E-state index in [-0.39, 0.29) is 10.9 Å². The first-order valence-electron chi connectivity index (χ1n) is 9.38. The topological polar surface area (TPSA) is 102 Å². The maximum atomic E-state index is 12.2. The molecule has 2 aromatic rings. The average molecular weight is 419 g/mol. The van der Waals surface area contributed by atoms with Crippen LogP contribution in [0.4, 0.5) is 0 Å². The summed E-state index contributed by atoms with van der Waals surface area (Å²) in [5.41, 5.74) is 1.89. The lowest BCUT2D eigenvalue weighted by Gasteiger charge is -2.18. The van der Waals surface area contributed by atoms with Crippen molar-refractivity contribution in [2.24, 2.45) is 0 Å². The highest BCUT2D eigenvalue weighted by atomic mass is 32.2. The molecule has 2 rings (SSSR count). The van der Waals surface area contributed by atoms with Gasteiger partial charge in [0.25, 0.3) is 5.91 Å². The number of carbonyl (C=O) groups is 2. The van der Waals surface area contributed by atoms with Gasteiger partial charge in [-0.2, -0.15) is 4.72 Å². The zero-order valence-electron chi connectivity index (χ0n) is 16.6. The Morgan fingerprint density at radius 1 is 1.03 bits per heavy atom. The minimum absolute atomic E-state index is 0.0545. The number of esters is 1. The Balaban J connectivity index is 1.82. The van der Waals surface area contributed by atoms with Gasteiger partial charge < -0.3 is 10.1 Å². The Morgan fingerprint density at radius 3 is 2.31 bits per heavy atom. The first-order chi connectivity index (χ1) is 13.8. The van der Waals surface area contributed by atoms with Crippen molar-refractivity contribution in [2.75, 3.05) is 13.2 Å². The van der Waals surface area contributed by atoms with E-state index in [1.807, 2.05) is 44.2 Å². The predicted molar refractivity (Wildman–Crippen MR) is 110 cm³/mol. The standard InChI is InChI=1S/C21H26N2O5S/c1-3-7-19(17-8-5-4-6-9-17)23-20(24)15-28-21(25)14-22-29(26,27)18-12-10-16(2)11-13-18/h4-6,8-13,19,22H,3,7,14-15H2,1-2H3,(H,23,24)/t19-/m1/s1. The molecule has 8 heteroatoms. The minimum Gasteiger partial charge on any atom is -0.455 e. The van der Waals surface area contributed by atoms with Gasteiger partial charge >= 0.3 is 5.97 Å². The van der Waals surface area contributed by atoms with Crippen LogP contribution in [-0.4, -0.2) is 33.4 Å². The first kappa shape index (κ1) is 22.6. The smallest absolute Gasteiger partial charge is 0.321 e. The lowest BCUT2D eigenvalue weighted by molar-refractivity contribution is -0.147. The molecule has 2 N–H and O–H groups in total. The Bertz CT molecular complexity index is 912. The Hall–Kier alpha value is -2.71. The van der Waals surface area contributed by atoms with Gasteiger partial charge in [0, 0.05) is 0 Å². The van der Waals surface area contributed by atoms with Crippen LogP contribution in [-0.2, 0) is 24.3 Å². The van der Waals surface area contributed by atoms with Gasteiger partial charge in [-0.05, 0) is 31.0 Å². The number of hydrogen-bond acceptors (Lipinski definition) is 5. The van der Waals surface area contributed by atoms with E-state index in [1.165, 1.54) is 12.1 Å². The molecule has 156 valence electrons. The summed E-state index contributed by atoms with van der Waals surface area (Å²) in [4.78, 5) is 24.0. The van der Waals surface area contributed by atoms with Crippen molar-refractivity contribution < 1.29 is 22.7 Å². The van der Waals surface area contributed by atoms with Gasteiger partial charge in [0.05, 0.1) is 10.9 Å². The van der Waals surface area contributed by atoms with Crippen molar-refractivity contribution in [3.63, 3.8) is 0 Å². The molecule has 0 radical (unpaired) electrons. The zero-order chi connectivity index (χ0) is 21.3. The molecule has 0 aliphatic heterocycles. The fourth-order valence-electron chi connectivity index (χ4n) is 2.68. The van der Waals surface area contributed by atoms with Crippen molar-refractivity contribution in [1.82, 2.24) is 10.0 Å². The van der Waals surface area contributed by atoms with E-state index < -0.39 is 35.1 Å². The van der Waals surface area contributed by atoms with Gasteiger partial charge in [-0.3, -0.25) is 9.59 Å². The molecule has 0 aliphatic carbocycles. The van der Waals surface area contributed by atoms with Crippen molar-refractivity contribution in [2.45, 2.75) is 37.6 Å². The summed E-state index contributed by atoms with van der Waals surface area (Å²) in [6.07, 6.45) is 1.63. The largest absolute Gasteiger partial charge is 0.455 e. The van der Waals surface area contributed by atoms with Crippen molar-refractivity contribution in [3.05, 3.63) is 65.7 Å². The number of sulfonamides is 1. The summed E-state index contributed by atoms with van der Waals surface area (Å²) in [7, 11) is -3.82. The Morgan fingerprint density at radius 2 is 1.69 bits per heavy atom. The van der Waals surface area contributed by atoms with Crippen molar-refractivity contribution in [1.29, 1.82) is 0 Å². The summed E-state index contributed by atoms with van der Waals surface area (Å²) in [6, 6.07) is 15.6. The van der Waals surface area contributed by atoms with E-state index in [4.69, 9.17) is 4.74 Å². The second-order valence-corrected chi connectivity index (χ2v) is 8.38. The number of rotatable bonds is 10. The Kier molecular flexibility index (Phi) is 8.35. The quantitative estimate of drug-likeness (QED) is 0.577. The van der Waals surface area contributed by atoms with E-state index in [1.54, 1.807) is 12.1 Å². The molecule has 1 amide bonds. The molecule has 0 aromatic heterocycles. The van der Waals surface area contributed by atoms with Crippen LogP contribution in [0.25, 0.3) is 0 Å². The van der Waals surface area contributed by atoms with Gasteiger partial charge in [-0.1, -0.05) is 61.4 Å². The maximum absolute atomic E-state index is 12.2. The molecule has 7 nitrogen and oxygen atoms in total. The van der Waals surface area contributed by atoms with Gasteiger partial charge in [0.1, 0.15) is 6.54 Å². The summed E-state index contributed by atoms with van der Waals surface area (Å²) < 4.78 is 31.4. The summed E-state index contributed by atoms with van der Waals surface area (Å²) >= 11 is 0. The number of carbonyl (C=O) groups excluding carboxylic acids is 2. The molecule has 29 heavy (non-hydrogen) atoms.